The predicted molar refractivity (Wildman–Crippen MR) is 81.6 cm³/mol. The monoisotopic (exact) mass is 304 g/mol. The van der Waals surface area contributed by atoms with E-state index in [1.807, 2.05) is 6.07 Å². The summed E-state index contributed by atoms with van der Waals surface area (Å²) in [4.78, 5) is 18.3. The lowest BCUT2D eigenvalue weighted by Crippen LogP contribution is -2.45. The number of aryl methyl sites for hydroxylation is 1. The first-order chi connectivity index (χ1) is 10.7. The molecule has 2 N–H and O–H groups in total. The standard InChI is InChI=1S/C14H20N6O2/c1-19-5-4-15-13(14(19)21)16-8-12-10-20(6-7-22-12)9-11-2-3-17-18-11/h2-5,12H,6-10H2,1H3,(H,15,16)(H,17,18)/t12-/m0/s1. The Kier molecular flexibility index (Phi) is 4.50. The summed E-state index contributed by atoms with van der Waals surface area (Å²) in [5, 5.41) is 10.0. The van der Waals surface area contributed by atoms with Gasteiger partial charge in [-0.05, 0) is 6.07 Å². The van der Waals surface area contributed by atoms with Crippen LogP contribution in [0.3, 0.4) is 0 Å². The molecule has 1 fully saturated rings. The van der Waals surface area contributed by atoms with E-state index in [9.17, 15) is 4.79 Å². The molecule has 0 aromatic carbocycles. The van der Waals surface area contributed by atoms with Crippen molar-refractivity contribution < 1.29 is 4.74 Å². The van der Waals surface area contributed by atoms with Crippen molar-refractivity contribution in [3.05, 3.63) is 40.7 Å². The fourth-order valence-corrected chi connectivity index (χ4v) is 2.49. The molecular formula is C14H20N6O2. The summed E-state index contributed by atoms with van der Waals surface area (Å²) < 4.78 is 7.25. The normalized spacial score (nSPS) is 19.2. The zero-order chi connectivity index (χ0) is 15.4. The third kappa shape index (κ3) is 3.52. The largest absolute Gasteiger partial charge is 0.374 e. The lowest BCUT2D eigenvalue weighted by Gasteiger charge is -2.32. The Balaban J connectivity index is 1.54. The smallest absolute Gasteiger partial charge is 0.293 e. The topological polar surface area (TPSA) is 88.1 Å². The second kappa shape index (κ2) is 6.71. The van der Waals surface area contributed by atoms with E-state index in [2.05, 4.69) is 25.4 Å². The molecule has 0 saturated carbocycles. The highest BCUT2D eigenvalue weighted by atomic mass is 16.5. The summed E-state index contributed by atoms with van der Waals surface area (Å²) in [5.41, 5.74) is 0.958. The van der Waals surface area contributed by atoms with Gasteiger partial charge < -0.3 is 14.6 Å². The summed E-state index contributed by atoms with van der Waals surface area (Å²) >= 11 is 0. The fourth-order valence-electron chi connectivity index (χ4n) is 2.49. The van der Waals surface area contributed by atoms with Crippen molar-refractivity contribution in [3.8, 4) is 0 Å². The zero-order valence-corrected chi connectivity index (χ0v) is 12.5. The average Bonchev–Trinajstić information content (AvgIpc) is 3.02. The van der Waals surface area contributed by atoms with Gasteiger partial charge in [-0.1, -0.05) is 0 Å². The highest BCUT2D eigenvalue weighted by Crippen LogP contribution is 2.09. The summed E-state index contributed by atoms with van der Waals surface area (Å²) in [6, 6.07) is 1.97. The minimum Gasteiger partial charge on any atom is -0.374 e. The van der Waals surface area contributed by atoms with Gasteiger partial charge in [0.15, 0.2) is 5.82 Å². The number of morpholine rings is 1. The second-order valence-electron chi connectivity index (χ2n) is 5.38. The number of aromatic amines is 1. The number of H-pyrrole nitrogens is 1. The number of hydrogen-bond acceptors (Lipinski definition) is 6. The molecule has 3 heterocycles. The molecule has 1 saturated heterocycles. The number of ether oxygens (including phenoxy) is 1. The minimum absolute atomic E-state index is 0.0309. The number of rotatable bonds is 5. The SMILES string of the molecule is Cn1ccnc(NC[C@H]2CN(Cc3ccn[nH]3)CCO2)c1=O. The predicted octanol–water partition coefficient (Wildman–Crippen LogP) is -0.184. The van der Waals surface area contributed by atoms with Crippen LogP contribution in [0.5, 0.6) is 0 Å². The highest BCUT2D eigenvalue weighted by molar-refractivity contribution is 5.30. The van der Waals surface area contributed by atoms with Crippen LogP contribution in [0.15, 0.2) is 29.5 Å². The Labute approximate surface area is 128 Å². The van der Waals surface area contributed by atoms with Gasteiger partial charge in [0.2, 0.25) is 0 Å². The molecule has 8 nitrogen and oxygen atoms in total. The fraction of sp³-hybridized carbons (Fsp3) is 0.500. The maximum atomic E-state index is 11.9. The van der Waals surface area contributed by atoms with Crippen molar-refractivity contribution in [2.75, 3.05) is 31.6 Å². The summed E-state index contributed by atoms with van der Waals surface area (Å²) in [6.07, 6.45) is 5.03. The van der Waals surface area contributed by atoms with Crippen LogP contribution >= 0.6 is 0 Å². The maximum absolute atomic E-state index is 11.9. The Morgan fingerprint density at radius 1 is 1.50 bits per heavy atom. The third-order valence-corrected chi connectivity index (χ3v) is 3.69. The van der Waals surface area contributed by atoms with E-state index >= 15 is 0 Å². The van der Waals surface area contributed by atoms with E-state index in [0.717, 1.165) is 25.3 Å². The molecule has 22 heavy (non-hydrogen) atoms. The van der Waals surface area contributed by atoms with Gasteiger partial charge in [0.25, 0.3) is 5.56 Å². The molecule has 118 valence electrons. The van der Waals surface area contributed by atoms with Gasteiger partial charge in [-0.15, -0.1) is 0 Å². The van der Waals surface area contributed by atoms with Crippen molar-refractivity contribution in [2.45, 2.75) is 12.6 Å². The van der Waals surface area contributed by atoms with E-state index in [4.69, 9.17) is 4.74 Å². The van der Waals surface area contributed by atoms with Crippen LogP contribution in [0.25, 0.3) is 0 Å². The molecule has 0 amide bonds. The summed E-state index contributed by atoms with van der Waals surface area (Å²) in [7, 11) is 1.71. The van der Waals surface area contributed by atoms with E-state index < -0.39 is 0 Å². The van der Waals surface area contributed by atoms with Crippen molar-refractivity contribution in [2.24, 2.45) is 7.05 Å². The molecule has 0 aliphatic carbocycles. The lowest BCUT2D eigenvalue weighted by molar-refractivity contribution is -0.0244. The van der Waals surface area contributed by atoms with Crippen LogP contribution in [0.4, 0.5) is 5.82 Å². The van der Waals surface area contributed by atoms with Crippen molar-refractivity contribution >= 4 is 5.82 Å². The zero-order valence-electron chi connectivity index (χ0n) is 12.5. The van der Waals surface area contributed by atoms with Gasteiger partial charge in [0, 0.05) is 57.5 Å². The molecule has 3 rings (SSSR count). The molecule has 0 spiro atoms. The Morgan fingerprint density at radius 3 is 3.23 bits per heavy atom. The first-order valence-electron chi connectivity index (χ1n) is 7.30. The molecular weight excluding hydrogens is 284 g/mol. The summed E-state index contributed by atoms with van der Waals surface area (Å²) in [6.45, 7) is 3.76. The maximum Gasteiger partial charge on any atom is 0.293 e. The Hall–Kier alpha value is -2.19. The van der Waals surface area contributed by atoms with Crippen molar-refractivity contribution in [1.82, 2.24) is 24.6 Å². The number of aromatic nitrogens is 4. The molecule has 8 heteroatoms. The van der Waals surface area contributed by atoms with Crippen LogP contribution in [0, 0.1) is 0 Å². The summed E-state index contributed by atoms with van der Waals surface area (Å²) in [5.74, 6) is 0.360. The van der Waals surface area contributed by atoms with Crippen molar-refractivity contribution in [3.63, 3.8) is 0 Å². The van der Waals surface area contributed by atoms with Crippen LogP contribution in [-0.2, 0) is 18.3 Å². The number of anilines is 1. The van der Waals surface area contributed by atoms with Crippen LogP contribution < -0.4 is 10.9 Å². The van der Waals surface area contributed by atoms with E-state index in [1.165, 1.54) is 4.57 Å². The average molecular weight is 304 g/mol. The van der Waals surface area contributed by atoms with Gasteiger partial charge >= 0.3 is 0 Å². The van der Waals surface area contributed by atoms with Crippen LogP contribution in [-0.4, -0.2) is 57.0 Å². The molecule has 0 unspecified atom stereocenters. The number of nitrogens with zero attached hydrogens (tertiary/aromatic N) is 4. The first kappa shape index (κ1) is 14.7. The molecule has 2 aromatic heterocycles. The van der Waals surface area contributed by atoms with Crippen molar-refractivity contribution in [1.29, 1.82) is 0 Å². The van der Waals surface area contributed by atoms with E-state index in [0.29, 0.717) is 19.0 Å². The lowest BCUT2D eigenvalue weighted by atomic mass is 10.2. The van der Waals surface area contributed by atoms with E-state index in [1.54, 1.807) is 25.6 Å². The molecule has 1 aliphatic heterocycles. The Morgan fingerprint density at radius 2 is 2.41 bits per heavy atom. The van der Waals surface area contributed by atoms with Gasteiger partial charge in [0.05, 0.1) is 12.7 Å². The second-order valence-corrected chi connectivity index (χ2v) is 5.38. The van der Waals surface area contributed by atoms with Gasteiger partial charge in [-0.3, -0.25) is 14.8 Å². The minimum atomic E-state index is -0.132. The van der Waals surface area contributed by atoms with E-state index in [-0.39, 0.29) is 11.7 Å². The highest BCUT2D eigenvalue weighted by Gasteiger charge is 2.21. The molecule has 0 radical (unpaired) electrons. The van der Waals surface area contributed by atoms with Gasteiger partial charge in [-0.25, -0.2) is 4.98 Å². The van der Waals surface area contributed by atoms with Crippen LogP contribution in [0.2, 0.25) is 0 Å². The Bertz CT molecular complexity index is 654. The quantitative estimate of drug-likeness (QED) is 0.796. The first-order valence-corrected chi connectivity index (χ1v) is 7.30. The molecule has 1 atom stereocenters. The van der Waals surface area contributed by atoms with Gasteiger partial charge in [-0.2, -0.15) is 5.10 Å². The molecule has 1 aliphatic rings. The number of nitrogens with one attached hydrogen (secondary N) is 2. The molecule has 0 bridgehead atoms. The van der Waals surface area contributed by atoms with Crippen LogP contribution in [0.1, 0.15) is 5.69 Å². The third-order valence-electron chi connectivity index (χ3n) is 3.69. The molecule has 2 aromatic rings. The number of hydrogen-bond donors (Lipinski definition) is 2. The van der Waals surface area contributed by atoms with Gasteiger partial charge in [0.1, 0.15) is 0 Å².